The van der Waals surface area contributed by atoms with Crippen molar-refractivity contribution in [3.63, 3.8) is 0 Å². The first-order valence-corrected chi connectivity index (χ1v) is 32.2. The van der Waals surface area contributed by atoms with Crippen molar-refractivity contribution >= 4 is 54.6 Å². The van der Waals surface area contributed by atoms with Gasteiger partial charge in [0.15, 0.2) is 0 Å². The Morgan fingerprint density at radius 2 is 1.23 bits per heavy atom. The lowest BCUT2D eigenvalue weighted by molar-refractivity contribution is -0.146. The molecule has 6 rings (SSSR count). The summed E-state index contributed by atoms with van der Waals surface area (Å²) in [5.41, 5.74) is 3.78. The maximum atomic E-state index is 15.5. The van der Waals surface area contributed by atoms with Gasteiger partial charge in [0.2, 0.25) is 32.0 Å². The summed E-state index contributed by atoms with van der Waals surface area (Å²) in [6.45, 7) is 17.3. The van der Waals surface area contributed by atoms with Gasteiger partial charge in [-0.3, -0.25) is 34.6 Å². The molecule has 446 valence electrons. The van der Waals surface area contributed by atoms with Crippen molar-refractivity contribution < 1.29 is 59.8 Å². The molecule has 19 nitrogen and oxygen atoms in total. The number of hydrogen-bond donors (Lipinski definition) is 5. The fraction of sp³-hybridized carbons (Fsp3) is 0.508. The van der Waals surface area contributed by atoms with Crippen molar-refractivity contribution in [3.05, 3.63) is 138 Å². The fourth-order valence-electron chi connectivity index (χ4n) is 11.4. The van der Waals surface area contributed by atoms with Crippen LogP contribution in [0, 0.1) is 11.8 Å². The van der Waals surface area contributed by atoms with E-state index in [9.17, 15) is 27.4 Å². The predicted molar refractivity (Wildman–Crippen MR) is 315 cm³/mol. The average Bonchev–Trinajstić information content (AvgIpc) is 4.09. The molecule has 2 aliphatic rings. The molecule has 5 N–H and O–H groups in total. The molecule has 1 aliphatic heterocycles. The fourth-order valence-corrected chi connectivity index (χ4v) is 17.4. The zero-order chi connectivity index (χ0) is 59.4. The molecule has 4 aromatic rings. The van der Waals surface area contributed by atoms with E-state index >= 15 is 9.59 Å². The molecule has 0 spiro atoms. The summed E-state index contributed by atoms with van der Waals surface area (Å²) in [6.07, 6.45) is -1.16. The van der Waals surface area contributed by atoms with Gasteiger partial charge in [-0.05, 0) is 101 Å². The lowest BCUT2D eigenvalue weighted by Gasteiger charge is -2.44. The van der Waals surface area contributed by atoms with Crippen LogP contribution in [0.2, 0.25) is 16.6 Å². The highest BCUT2D eigenvalue weighted by Gasteiger charge is 2.52. The van der Waals surface area contributed by atoms with E-state index in [4.69, 9.17) is 22.8 Å². The molecule has 1 aliphatic carbocycles. The van der Waals surface area contributed by atoms with Crippen LogP contribution >= 0.6 is 0 Å². The van der Waals surface area contributed by atoms with Gasteiger partial charge in [0.05, 0.1) is 6.10 Å². The van der Waals surface area contributed by atoms with Gasteiger partial charge in [0, 0.05) is 25.6 Å². The number of fused-ring (bicyclic) bond motifs is 1. The molecule has 82 heavy (non-hydrogen) atoms. The van der Waals surface area contributed by atoms with Crippen LogP contribution in [0.4, 0.5) is 9.59 Å². The Morgan fingerprint density at radius 1 is 0.695 bits per heavy atom. The van der Waals surface area contributed by atoms with Crippen molar-refractivity contribution in [2.45, 2.75) is 174 Å². The van der Waals surface area contributed by atoms with Gasteiger partial charge in [0.1, 0.15) is 43.8 Å². The molecule has 0 bridgehead atoms. The number of ether oxygens (including phenoxy) is 3. The van der Waals surface area contributed by atoms with Crippen LogP contribution < -0.4 is 26.0 Å². The Bertz CT molecular complexity index is 2750. The molecule has 21 heteroatoms. The number of unbranched alkanes of at least 4 members (excludes halogenated alkanes) is 1. The number of rotatable bonds is 27. The van der Waals surface area contributed by atoms with Gasteiger partial charge in [0.25, 0.3) is 0 Å². The third kappa shape index (κ3) is 18.9. The van der Waals surface area contributed by atoms with E-state index in [1.165, 1.54) is 4.90 Å². The molecule has 0 unspecified atom stereocenters. The Morgan fingerprint density at radius 3 is 1.74 bits per heavy atom. The summed E-state index contributed by atoms with van der Waals surface area (Å²) in [4.78, 5) is 76.7. The van der Waals surface area contributed by atoms with Gasteiger partial charge >= 0.3 is 22.6 Å². The van der Waals surface area contributed by atoms with E-state index in [1.807, 2.05) is 105 Å². The Hall–Kier alpha value is -6.65. The summed E-state index contributed by atoms with van der Waals surface area (Å²) in [6, 6.07) is 32.8. The van der Waals surface area contributed by atoms with Crippen LogP contribution in [0.15, 0.2) is 120 Å². The third-order valence-corrected chi connectivity index (χ3v) is 22.3. The van der Waals surface area contributed by atoms with Crippen molar-refractivity contribution in [2.75, 3.05) is 13.1 Å². The monoisotopic (exact) mass is 1170 g/mol. The smallest absolute Gasteiger partial charge is 0.414 e. The molecule has 0 radical (unpaired) electrons. The van der Waals surface area contributed by atoms with E-state index in [2.05, 4.69) is 67.8 Å². The molecule has 1 heterocycles. The maximum absolute atomic E-state index is 15.5. The quantitative estimate of drug-likeness (QED) is 0.0123. The number of aliphatic imine (C=N–C) groups is 1. The first-order valence-electron chi connectivity index (χ1n) is 28.7. The number of hydrogen-bond acceptors (Lipinski definition) is 13. The van der Waals surface area contributed by atoms with Gasteiger partial charge in [-0.2, -0.15) is 8.42 Å². The number of benzene rings is 4. The molecule has 2 fully saturated rings. The number of likely N-dealkylation sites (tertiary alicyclic amines) is 1. The number of guanidine groups is 1. The minimum Gasteiger partial charge on any atom is -0.489 e. The van der Waals surface area contributed by atoms with Crippen LogP contribution in [-0.2, 0) is 69.1 Å². The SMILES string of the molecule is CC[C@H](C)[C@@H](NC(=O)[C@@H](Cc1ccc(OCc2ccccc2)cc1)O[Si](C(C)C)(C(C)C)C(C)C)C(=O)N1[C@H](C(=O)NCCCCN=C(NC(=O)OCc2ccccc2)NC(=O)OCc2ccccc2)C[C@@H]2CC[C@@H](OS(=O)(=O)O)C[C@@H]21. The number of carbonyl (C=O) groups excluding carboxylic acids is 5. The zero-order valence-corrected chi connectivity index (χ0v) is 50.4. The third-order valence-electron chi connectivity index (χ3n) is 15.7. The average molecular weight is 1170 g/mol. The Labute approximate surface area is 485 Å². The van der Waals surface area contributed by atoms with E-state index in [-0.39, 0.29) is 80.5 Å². The highest BCUT2D eigenvalue weighted by molar-refractivity contribution is 7.80. The summed E-state index contributed by atoms with van der Waals surface area (Å²) >= 11 is 0. The summed E-state index contributed by atoms with van der Waals surface area (Å²) in [5.74, 6) is -1.54. The van der Waals surface area contributed by atoms with E-state index in [1.54, 1.807) is 24.3 Å². The maximum Gasteiger partial charge on any atom is 0.414 e. The second-order valence-electron chi connectivity index (χ2n) is 22.3. The van der Waals surface area contributed by atoms with E-state index in [0.717, 1.165) is 22.3 Å². The van der Waals surface area contributed by atoms with Crippen LogP contribution in [-0.4, -0.2) is 105 Å². The molecular weight excluding hydrogens is 1080 g/mol. The second kappa shape index (κ2) is 31.1. The number of carbonyl (C=O) groups is 5. The van der Waals surface area contributed by atoms with Crippen LogP contribution in [0.1, 0.15) is 123 Å². The predicted octanol–water partition coefficient (Wildman–Crippen LogP) is 9.96. The van der Waals surface area contributed by atoms with Gasteiger partial charge in [-0.1, -0.05) is 165 Å². The topological polar surface area (TPSA) is 250 Å². The first-order chi connectivity index (χ1) is 39.2. The molecule has 1 saturated heterocycles. The van der Waals surface area contributed by atoms with Crippen molar-refractivity contribution in [1.82, 2.24) is 26.2 Å². The normalized spacial score (nSPS) is 18.2. The number of nitrogens with zero attached hydrogens (tertiary/aromatic N) is 2. The largest absolute Gasteiger partial charge is 0.489 e. The Kier molecular flexibility index (Phi) is 24.5. The Balaban J connectivity index is 1.18. The summed E-state index contributed by atoms with van der Waals surface area (Å²) < 4.78 is 62.9. The molecule has 4 aromatic carbocycles. The number of amides is 5. The van der Waals surface area contributed by atoms with E-state index < -0.39 is 84.9 Å². The molecule has 7 atom stereocenters. The van der Waals surface area contributed by atoms with Crippen LogP contribution in [0.3, 0.4) is 0 Å². The summed E-state index contributed by atoms with van der Waals surface area (Å²) in [7, 11) is -7.56. The van der Waals surface area contributed by atoms with Crippen LogP contribution in [0.25, 0.3) is 0 Å². The minimum absolute atomic E-state index is 0.0229. The lowest BCUT2D eigenvalue weighted by atomic mass is 9.83. The van der Waals surface area contributed by atoms with Gasteiger partial charge in [-0.25, -0.2) is 13.8 Å². The van der Waals surface area contributed by atoms with Crippen molar-refractivity contribution in [3.8, 4) is 5.75 Å². The highest BCUT2D eigenvalue weighted by atomic mass is 32.3. The molecular formula is C61H84N6O13SSi. The molecule has 5 amide bonds. The van der Waals surface area contributed by atoms with Crippen molar-refractivity contribution in [1.29, 1.82) is 0 Å². The first kappa shape index (κ1) is 64.5. The van der Waals surface area contributed by atoms with E-state index in [0.29, 0.717) is 38.0 Å². The highest BCUT2D eigenvalue weighted by Crippen LogP contribution is 2.44. The number of nitrogens with one attached hydrogen (secondary N) is 4. The van der Waals surface area contributed by atoms with Crippen LogP contribution in [0.5, 0.6) is 5.75 Å². The zero-order valence-electron chi connectivity index (χ0n) is 48.6. The minimum atomic E-state index is -4.84. The van der Waals surface area contributed by atoms with Gasteiger partial charge < -0.3 is 34.2 Å². The number of alkyl carbamates (subject to hydrolysis) is 2. The molecule has 1 saturated carbocycles. The second-order valence-corrected chi connectivity index (χ2v) is 28.8. The van der Waals surface area contributed by atoms with Gasteiger partial charge in [-0.15, -0.1) is 0 Å². The standard InChI is InChI=1S/C61H84N6O13SSi/c1-9-44(8)55(64-57(69)54(80-82(41(2)3,42(4)5)43(6)7)35-45-27-30-50(31-28-45)76-38-46-21-13-10-14-22-46)58(70)67-52-37-51(79-81(73,74)75)32-29-49(52)36-53(67)56(68)62-33-19-20-34-63-59(65-60(71)77-39-47-23-15-11-16-24-47)66-61(72)78-40-48-25-17-12-18-26-48/h10-18,21-28,30-31,41-44,49,51-55H,9,19-20,29,32-40H2,1-8H3,(H,62,68)(H,64,69)(H,73,74,75)(H2,63,65,66,71,72)/t44-,49-,51+,52-,53-,54+,55+/m0/s1. The van der Waals surface area contributed by atoms with Crippen molar-refractivity contribution in [2.24, 2.45) is 16.8 Å². The molecule has 0 aromatic heterocycles. The lowest BCUT2D eigenvalue weighted by Crippen LogP contribution is -2.60. The summed E-state index contributed by atoms with van der Waals surface area (Å²) in [5, 5.41) is 11.1.